The lowest BCUT2D eigenvalue weighted by Gasteiger charge is -2.24. The van der Waals surface area contributed by atoms with E-state index in [1.807, 2.05) is 0 Å². The number of benzene rings is 1. The molecular weight excluding hydrogens is 238 g/mol. The molecule has 1 aromatic rings. The first-order chi connectivity index (χ1) is 8.16. The van der Waals surface area contributed by atoms with Gasteiger partial charge >= 0.3 is 5.97 Å². The van der Waals surface area contributed by atoms with Crippen molar-refractivity contribution in [2.24, 2.45) is 5.73 Å². The highest BCUT2D eigenvalue weighted by Crippen LogP contribution is 2.42. The van der Waals surface area contributed by atoms with Gasteiger partial charge in [0.25, 0.3) is 0 Å². The van der Waals surface area contributed by atoms with Gasteiger partial charge in [0.05, 0.1) is 0 Å². The maximum atomic E-state index is 10.9. The second kappa shape index (κ2) is 4.73. The molecular formula is C12H17NO5. The zero-order valence-corrected chi connectivity index (χ0v) is 10.2. The van der Waals surface area contributed by atoms with E-state index in [1.165, 1.54) is 13.0 Å². The molecule has 0 saturated heterocycles. The van der Waals surface area contributed by atoms with Crippen LogP contribution in [0.25, 0.3) is 0 Å². The minimum atomic E-state index is -1.48. The molecule has 0 fully saturated rings. The Morgan fingerprint density at radius 2 is 1.83 bits per heavy atom. The molecule has 2 atom stereocenters. The molecule has 1 rings (SSSR count). The van der Waals surface area contributed by atoms with Crippen LogP contribution >= 0.6 is 0 Å². The minimum Gasteiger partial charge on any atom is -0.508 e. The molecule has 0 amide bonds. The molecule has 0 saturated carbocycles. The Morgan fingerprint density at radius 1 is 1.33 bits per heavy atom. The van der Waals surface area contributed by atoms with Gasteiger partial charge in [-0.3, -0.25) is 4.79 Å². The van der Waals surface area contributed by atoms with Gasteiger partial charge < -0.3 is 26.2 Å². The molecule has 6 heteroatoms. The van der Waals surface area contributed by atoms with Crippen molar-refractivity contribution < 1.29 is 25.2 Å². The fraction of sp³-hybridized carbons (Fsp3) is 0.417. The zero-order chi connectivity index (χ0) is 14.1. The largest absolute Gasteiger partial charge is 0.508 e. The lowest BCUT2D eigenvalue weighted by Crippen LogP contribution is -2.45. The lowest BCUT2D eigenvalue weighted by atomic mass is 9.85. The summed E-state index contributed by atoms with van der Waals surface area (Å²) in [5.74, 6) is -2.73. The fourth-order valence-electron chi connectivity index (χ4n) is 1.90. The number of aliphatic carboxylic acids is 1. The average molecular weight is 255 g/mol. The Kier molecular flexibility index (Phi) is 3.71. The van der Waals surface area contributed by atoms with Crippen LogP contribution in [-0.2, 0) is 4.79 Å². The Bertz CT molecular complexity index is 470. The number of rotatable bonds is 4. The van der Waals surface area contributed by atoms with E-state index in [0.717, 1.165) is 6.07 Å². The predicted octanol–water partition coefficient (Wildman–Crippen LogP) is 1.10. The van der Waals surface area contributed by atoms with Crippen molar-refractivity contribution in [1.82, 2.24) is 0 Å². The van der Waals surface area contributed by atoms with Crippen LogP contribution < -0.4 is 5.73 Å². The van der Waals surface area contributed by atoms with E-state index in [0.29, 0.717) is 0 Å². The summed E-state index contributed by atoms with van der Waals surface area (Å²) in [5, 5.41) is 37.7. The number of nitrogens with two attached hydrogens (primary N) is 1. The molecule has 0 spiro atoms. The summed E-state index contributed by atoms with van der Waals surface area (Å²) in [6.45, 7) is 2.96. The summed E-state index contributed by atoms with van der Waals surface area (Å²) in [7, 11) is 0. The number of hydrogen-bond donors (Lipinski definition) is 5. The minimum absolute atomic E-state index is 0.00685. The van der Waals surface area contributed by atoms with Crippen LogP contribution in [0.2, 0.25) is 0 Å². The van der Waals surface area contributed by atoms with E-state index < -0.39 is 23.2 Å². The normalized spacial score (nSPS) is 15.9. The van der Waals surface area contributed by atoms with E-state index in [4.69, 9.17) is 10.8 Å². The molecule has 2 unspecified atom stereocenters. The molecule has 0 aliphatic heterocycles. The number of carbonyl (C=O) groups is 1. The van der Waals surface area contributed by atoms with Gasteiger partial charge in [0.2, 0.25) is 0 Å². The van der Waals surface area contributed by atoms with Crippen LogP contribution in [0.3, 0.4) is 0 Å². The third-order valence-electron chi connectivity index (χ3n) is 2.88. The number of carboxylic acid groups (broad SMARTS) is 1. The van der Waals surface area contributed by atoms with Gasteiger partial charge in [-0.05, 0) is 31.4 Å². The third-order valence-corrected chi connectivity index (χ3v) is 2.88. The number of phenols is 3. The molecule has 0 aromatic heterocycles. The topological polar surface area (TPSA) is 124 Å². The van der Waals surface area contributed by atoms with E-state index in [9.17, 15) is 20.1 Å². The molecule has 6 nitrogen and oxygen atoms in total. The summed E-state index contributed by atoms with van der Waals surface area (Å²) < 4.78 is 0. The summed E-state index contributed by atoms with van der Waals surface area (Å²) >= 11 is 0. The van der Waals surface area contributed by atoms with Gasteiger partial charge in [0, 0.05) is 5.56 Å². The Hall–Kier alpha value is -1.95. The first kappa shape index (κ1) is 14.1. The Morgan fingerprint density at radius 3 is 2.33 bits per heavy atom. The molecule has 18 heavy (non-hydrogen) atoms. The van der Waals surface area contributed by atoms with Crippen LogP contribution in [-0.4, -0.2) is 31.9 Å². The maximum Gasteiger partial charge on any atom is 0.323 e. The molecule has 0 radical (unpaired) electrons. The van der Waals surface area contributed by atoms with Gasteiger partial charge in [-0.25, -0.2) is 0 Å². The standard InChI is InChI=1S/C12H17NO5/c1-6(5-12(2,13)11(17)18)9-7(14)3-4-8(15)10(9)16/h3-4,6,14-16H,5,13H2,1-2H3,(H,17,18). The smallest absolute Gasteiger partial charge is 0.323 e. The van der Waals surface area contributed by atoms with Crippen LogP contribution in [0.15, 0.2) is 12.1 Å². The Labute approximate surface area is 104 Å². The number of hydrogen-bond acceptors (Lipinski definition) is 5. The van der Waals surface area contributed by atoms with Gasteiger partial charge in [0.1, 0.15) is 11.3 Å². The molecule has 6 N–H and O–H groups in total. The number of phenolic OH excluding ortho intramolecular Hbond substituents is 3. The molecule has 0 aliphatic rings. The summed E-state index contributed by atoms with van der Waals surface area (Å²) in [4.78, 5) is 10.9. The van der Waals surface area contributed by atoms with E-state index in [1.54, 1.807) is 6.92 Å². The SMILES string of the molecule is CC(CC(C)(N)C(=O)O)c1c(O)ccc(O)c1O. The quantitative estimate of drug-likeness (QED) is 0.405. The van der Waals surface area contributed by atoms with Crippen LogP contribution in [0.5, 0.6) is 17.2 Å². The van der Waals surface area contributed by atoms with Crippen molar-refractivity contribution >= 4 is 5.97 Å². The van der Waals surface area contributed by atoms with Crippen molar-refractivity contribution in [2.75, 3.05) is 0 Å². The fourth-order valence-corrected chi connectivity index (χ4v) is 1.90. The van der Waals surface area contributed by atoms with Crippen LogP contribution in [0.1, 0.15) is 31.7 Å². The van der Waals surface area contributed by atoms with Gasteiger partial charge in [-0.1, -0.05) is 6.92 Å². The third kappa shape index (κ3) is 2.65. The first-order valence-corrected chi connectivity index (χ1v) is 5.43. The van der Waals surface area contributed by atoms with Gasteiger partial charge in [-0.2, -0.15) is 0 Å². The zero-order valence-electron chi connectivity index (χ0n) is 10.2. The van der Waals surface area contributed by atoms with Crippen molar-refractivity contribution in [3.8, 4) is 17.2 Å². The maximum absolute atomic E-state index is 10.9. The van der Waals surface area contributed by atoms with Crippen molar-refractivity contribution in [2.45, 2.75) is 31.7 Å². The molecule has 0 bridgehead atoms. The molecule has 100 valence electrons. The molecule has 0 aliphatic carbocycles. The second-order valence-corrected chi connectivity index (χ2v) is 4.69. The monoisotopic (exact) mass is 255 g/mol. The molecule has 0 heterocycles. The van der Waals surface area contributed by atoms with E-state index >= 15 is 0 Å². The highest BCUT2D eigenvalue weighted by Gasteiger charge is 2.32. The van der Waals surface area contributed by atoms with Crippen LogP contribution in [0.4, 0.5) is 0 Å². The predicted molar refractivity (Wildman–Crippen MR) is 64.7 cm³/mol. The van der Waals surface area contributed by atoms with Crippen molar-refractivity contribution in [1.29, 1.82) is 0 Å². The van der Waals surface area contributed by atoms with Gasteiger partial charge in [-0.15, -0.1) is 0 Å². The van der Waals surface area contributed by atoms with Gasteiger partial charge in [0.15, 0.2) is 11.5 Å². The van der Waals surface area contributed by atoms with E-state index in [2.05, 4.69) is 0 Å². The first-order valence-electron chi connectivity index (χ1n) is 5.43. The lowest BCUT2D eigenvalue weighted by molar-refractivity contribution is -0.143. The number of carboxylic acids is 1. The summed E-state index contributed by atoms with van der Waals surface area (Å²) in [6.07, 6.45) is 0.00685. The molecule has 1 aromatic carbocycles. The van der Waals surface area contributed by atoms with Crippen LogP contribution in [0, 0.1) is 0 Å². The van der Waals surface area contributed by atoms with E-state index in [-0.39, 0.29) is 23.5 Å². The second-order valence-electron chi connectivity index (χ2n) is 4.69. The summed E-state index contributed by atoms with van der Waals surface area (Å²) in [5.41, 5.74) is 4.22. The summed E-state index contributed by atoms with van der Waals surface area (Å²) in [6, 6.07) is 2.38. The highest BCUT2D eigenvalue weighted by molar-refractivity contribution is 5.78. The van der Waals surface area contributed by atoms with Crippen molar-refractivity contribution in [3.05, 3.63) is 17.7 Å². The van der Waals surface area contributed by atoms with Crippen molar-refractivity contribution in [3.63, 3.8) is 0 Å². The highest BCUT2D eigenvalue weighted by atomic mass is 16.4. The Balaban J connectivity index is 3.09. The number of aromatic hydroxyl groups is 3. The average Bonchev–Trinajstić information content (AvgIpc) is 2.23.